The van der Waals surface area contributed by atoms with Crippen molar-refractivity contribution in [3.05, 3.63) is 70.8 Å². The Morgan fingerprint density at radius 1 is 1.05 bits per heavy atom. The van der Waals surface area contributed by atoms with Crippen molar-refractivity contribution in [3.8, 4) is 11.8 Å². The molecule has 0 saturated carbocycles. The van der Waals surface area contributed by atoms with Crippen LogP contribution in [0.4, 0.5) is 0 Å². The van der Waals surface area contributed by atoms with Gasteiger partial charge in [-0.2, -0.15) is 0 Å². The summed E-state index contributed by atoms with van der Waals surface area (Å²) in [6, 6.07) is 16.6. The molecule has 1 heterocycles. The lowest BCUT2D eigenvalue weighted by Gasteiger charge is -2.21. The number of ether oxygens (including phenoxy) is 1. The Morgan fingerprint density at radius 2 is 1.84 bits per heavy atom. The topological polar surface area (TPSA) is 9.23 Å². The quantitative estimate of drug-likeness (QED) is 0.646. The summed E-state index contributed by atoms with van der Waals surface area (Å²) < 4.78 is 5.79. The monoisotopic (exact) mass is 248 g/mol. The molecule has 94 valence electrons. The zero-order valence-corrected chi connectivity index (χ0v) is 11.0. The van der Waals surface area contributed by atoms with E-state index in [0.29, 0.717) is 0 Å². The van der Waals surface area contributed by atoms with E-state index in [1.807, 2.05) is 12.1 Å². The van der Waals surface area contributed by atoms with Gasteiger partial charge in [0.25, 0.3) is 0 Å². The smallest absolute Gasteiger partial charge is 0.144 e. The second-order valence-electron chi connectivity index (χ2n) is 4.78. The molecule has 0 aliphatic carbocycles. The van der Waals surface area contributed by atoms with Gasteiger partial charge in [0.05, 0.1) is 6.61 Å². The molecule has 0 fully saturated rings. The van der Waals surface area contributed by atoms with Crippen LogP contribution in [0.1, 0.15) is 28.4 Å². The van der Waals surface area contributed by atoms with Gasteiger partial charge in [-0.1, -0.05) is 54.3 Å². The van der Waals surface area contributed by atoms with Crippen LogP contribution < -0.4 is 0 Å². The fourth-order valence-electron chi connectivity index (χ4n) is 2.37. The van der Waals surface area contributed by atoms with Crippen LogP contribution in [0.5, 0.6) is 0 Å². The highest BCUT2D eigenvalue weighted by atomic mass is 16.5. The zero-order valence-electron chi connectivity index (χ0n) is 11.0. The molecular weight excluding hydrogens is 232 g/mol. The van der Waals surface area contributed by atoms with Crippen LogP contribution in [0.25, 0.3) is 0 Å². The summed E-state index contributed by atoms with van der Waals surface area (Å²) in [5.74, 6) is 6.51. The molecule has 3 rings (SSSR count). The Balaban J connectivity index is 1.92. The van der Waals surface area contributed by atoms with Gasteiger partial charge in [-0.15, -0.1) is 0 Å². The molecule has 0 unspecified atom stereocenters. The van der Waals surface area contributed by atoms with Crippen LogP contribution in [-0.2, 0) is 11.2 Å². The minimum atomic E-state index is -0.0930. The van der Waals surface area contributed by atoms with Crippen molar-refractivity contribution in [3.63, 3.8) is 0 Å². The first kappa shape index (κ1) is 12.0. The number of rotatable bonds is 0. The molecule has 0 N–H and O–H groups in total. The van der Waals surface area contributed by atoms with Crippen molar-refractivity contribution >= 4 is 0 Å². The van der Waals surface area contributed by atoms with Crippen molar-refractivity contribution in [2.24, 2.45) is 0 Å². The highest BCUT2D eigenvalue weighted by molar-refractivity contribution is 5.43. The Hall–Kier alpha value is -2.04. The van der Waals surface area contributed by atoms with Crippen LogP contribution in [0, 0.1) is 18.8 Å². The molecule has 0 aromatic heterocycles. The summed E-state index contributed by atoms with van der Waals surface area (Å²) in [7, 11) is 0. The summed E-state index contributed by atoms with van der Waals surface area (Å²) in [5.41, 5.74) is 4.86. The Bertz CT molecular complexity index is 646. The molecule has 2 aromatic carbocycles. The minimum absolute atomic E-state index is 0.0930. The largest absolute Gasteiger partial charge is 0.360 e. The Morgan fingerprint density at radius 3 is 2.74 bits per heavy atom. The van der Waals surface area contributed by atoms with Crippen molar-refractivity contribution in [1.82, 2.24) is 0 Å². The summed E-state index contributed by atoms with van der Waals surface area (Å²) >= 11 is 0. The maximum atomic E-state index is 5.79. The molecule has 0 amide bonds. The second-order valence-corrected chi connectivity index (χ2v) is 4.78. The van der Waals surface area contributed by atoms with E-state index in [1.54, 1.807) is 0 Å². The van der Waals surface area contributed by atoms with Gasteiger partial charge in [-0.3, -0.25) is 0 Å². The third-order valence-electron chi connectivity index (χ3n) is 3.48. The summed E-state index contributed by atoms with van der Waals surface area (Å²) in [6.07, 6.45) is 0.892. The molecule has 19 heavy (non-hydrogen) atoms. The maximum absolute atomic E-state index is 5.79. The van der Waals surface area contributed by atoms with E-state index in [4.69, 9.17) is 4.74 Å². The van der Waals surface area contributed by atoms with E-state index in [1.165, 1.54) is 16.7 Å². The Kier molecular flexibility index (Phi) is 3.35. The molecule has 2 aromatic rings. The van der Waals surface area contributed by atoms with Gasteiger partial charge in [0, 0.05) is 5.56 Å². The van der Waals surface area contributed by atoms with Gasteiger partial charge in [0.15, 0.2) is 0 Å². The fourth-order valence-corrected chi connectivity index (χ4v) is 2.37. The molecule has 1 aliphatic rings. The van der Waals surface area contributed by atoms with Crippen LogP contribution in [0.3, 0.4) is 0 Å². The predicted octanol–water partition coefficient (Wildman–Crippen LogP) is 3.66. The third kappa shape index (κ3) is 2.54. The van der Waals surface area contributed by atoms with Gasteiger partial charge >= 0.3 is 0 Å². The highest BCUT2D eigenvalue weighted by Crippen LogP contribution is 2.26. The fraction of sp³-hybridized carbons (Fsp3) is 0.222. The molecule has 1 heteroatoms. The van der Waals surface area contributed by atoms with Gasteiger partial charge in [0.1, 0.15) is 6.10 Å². The van der Waals surface area contributed by atoms with Crippen LogP contribution >= 0.6 is 0 Å². The Labute approximate surface area is 114 Å². The van der Waals surface area contributed by atoms with Crippen molar-refractivity contribution in [2.45, 2.75) is 19.4 Å². The number of aryl methyl sites for hydroxylation is 1. The van der Waals surface area contributed by atoms with Crippen LogP contribution in [0.2, 0.25) is 0 Å². The molecule has 0 saturated heterocycles. The van der Waals surface area contributed by atoms with E-state index < -0.39 is 0 Å². The molecule has 1 nitrogen and oxygen atoms in total. The number of hydrogen-bond donors (Lipinski definition) is 0. The SMILES string of the molecule is Cc1ccccc1C#C[C@@H]1OCCc2ccccc21. The molecule has 1 aliphatic heterocycles. The standard InChI is InChI=1S/C18H16O/c1-14-6-2-3-7-15(14)10-11-18-17-9-5-4-8-16(17)12-13-19-18/h2-9,18H,12-13H2,1H3/t18-/m0/s1. The van der Waals surface area contributed by atoms with E-state index >= 15 is 0 Å². The normalized spacial score (nSPS) is 17.2. The second kappa shape index (κ2) is 5.30. The third-order valence-corrected chi connectivity index (χ3v) is 3.48. The summed E-state index contributed by atoms with van der Waals surface area (Å²) in [4.78, 5) is 0. The highest BCUT2D eigenvalue weighted by Gasteiger charge is 2.17. The summed E-state index contributed by atoms with van der Waals surface area (Å²) in [5, 5.41) is 0. The average molecular weight is 248 g/mol. The van der Waals surface area contributed by atoms with Crippen molar-refractivity contribution in [2.75, 3.05) is 6.61 Å². The van der Waals surface area contributed by atoms with Crippen LogP contribution in [-0.4, -0.2) is 6.61 Å². The van der Waals surface area contributed by atoms with Gasteiger partial charge in [-0.05, 0) is 36.1 Å². The number of benzene rings is 2. The molecular formula is C18H16O. The van der Waals surface area contributed by atoms with E-state index in [9.17, 15) is 0 Å². The first-order valence-electron chi connectivity index (χ1n) is 6.61. The van der Waals surface area contributed by atoms with E-state index in [-0.39, 0.29) is 6.10 Å². The number of hydrogen-bond acceptors (Lipinski definition) is 1. The lowest BCUT2D eigenvalue weighted by molar-refractivity contribution is 0.0814. The van der Waals surface area contributed by atoms with E-state index in [2.05, 4.69) is 55.2 Å². The lowest BCUT2D eigenvalue weighted by atomic mass is 9.97. The minimum Gasteiger partial charge on any atom is -0.360 e. The van der Waals surface area contributed by atoms with Crippen molar-refractivity contribution in [1.29, 1.82) is 0 Å². The van der Waals surface area contributed by atoms with E-state index in [0.717, 1.165) is 18.6 Å². The predicted molar refractivity (Wildman–Crippen MR) is 76.9 cm³/mol. The first-order chi connectivity index (χ1) is 9.34. The molecule has 1 atom stereocenters. The average Bonchev–Trinajstić information content (AvgIpc) is 2.46. The van der Waals surface area contributed by atoms with Crippen molar-refractivity contribution < 1.29 is 4.74 Å². The molecule has 0 bridgehead atoms. The summed E-state index contributed by atoms with van der Waals surface area (Å²) in [6.45, 7) is 2.84. The number of fused-ring (bicyclic) bond motifs is 1. The molecule has 0 radical (unpaired) electrons. The lowest BCUT2D eigenvalue weighted by Crippen LogP contribution is -2.14. The van der Waals surface area contributed by atoms with Gasteiger partial charge in [-0.25, -0.2) is 0 Å². The molecule has 0 spiro atoms. The van der Waals surface area contributed by atoms with Crippen LogP contribution in [0.15, 0.2) is 48.5 Å². The zero-order chi connectivity index (χ0) is 13.1. The van der Waals surface area contributed by atoms with Gasteiger partial charge < -0.3 is 4.74 Å². The van der Waals surface area contributed by atoms with Gasteiger partial charge in [0.2, 0.25) is 0 Å². The first-order valence-corrected chi connectivity index (χ1v) is 6.61. The maximum Gasteiger partial charge on any atom is 0.144 e.